The Kier molecular flexibility index (Phi) is 6.38. The van der Waals surface area contributed by atoms with E-state index in [1.807, 2.05) is 44.4 Å². The highest BCUT2D eigenvalue weighted by Crippen LogP contribution is 2.24. The van der Waals surface area contributed by atoms with Crippen molar-refractivity contribution in [2.75, 3.05) is 6.26 Å². The van der Waals surface area contributed by atoms with Gasteiger partial charge in [-0.1, -0.05) is 48.9 Å². The number of sulfone groups is 1. The van der Waals surface area contributed by atoms with Gasteiger partial charge in [-0.05, 0) is 31.7 Å². The maximum Gasteiger partial charge on any atom is 0.194 e. The van der Waals surface area contributed by atoms with Crippen LogP contribution < -0.4 is 0 Å². The van der Waals surface area contributed by atoms with Gasteiger partial charge in [0.05, 0.1) is 4.90 Å². The maximum atomic E-state index is 12.4. The zero-order valence-electron chi connectivity index (χ0n) is 11.5. The molecule has 1 aromatic carbocycles. The van der Waals surface area contributed by atoms with Crippen LogP contribution in [0.25, 0.3) is 0 Å². The van der Waals surface area contributed by atoms with Crippen LogP contribution in [0, 0.1) is 6.92 Å². The Labute approximate surface area is 120 Å². The van der Waals surface area contributed by atoms with Gasteiger partial charge in [0.15, 0.2) is 9.84 Å². The van der Waals surface area contributed by atoms with Crippen LogP contribution in [0.1, 0.15) is 18.9 Å². The lowest BCUT2D eigenvalue weighted by molar-refractivity contribution is 0.597. The highest BCUT2D eigenvalue weighted by atomic mass is 32.3. The van der Waals surface area contributed by atoms with E-state index in [1.54, 1.807) is 24.3 Å². The van der Waals surface area contributed by atoms with Crippen molar-refractivity contribution in [3.05, 3.63) is 54.1 Å². The van der Waals surface area contributed by atoms with Crippen molar-refractivity contribution in [2.24, 2.45) is 0 Å². The van der Waals surface area contributed by atoms with Gasteiger partial charge in [-0.15, -0.1) is 11.8 Å². The average molecular weight is 296 g/mol. The van der Waals surface area contributed by atoms with Gasteiger partial charge in [0, 0.05) is 0 Å². The normalized spacial score (nSPS) is 14.3. The Morgan fingerprint density at radius 2 is 1.84 bits per heavy atom. The Balaban J connectivity index is 2.99. The molecule has 0 radical (unpaired) electrons. The summed E-state index contributed by atoms with van der Waals surface area (Å²) in [5.41, 5.74) is 1.06. The molecular formula is C15H20O2S2. The zero-order valence-corrected chi connectivity index (χ0v) is 13.2. The van der Waals surface area contributed by atoms with Crippen LogP contribution in [0.5, 0.6) is 0 Å². The van der Waals surface area contributed by atoms with Crippen molar-refractivity contribution in [1.29, 1.82) is 0 Å². The van der Waals surface area contributed by atoms with Crippen LogP contribution in [0.2, 0.25) is 0 Å². The highest BCUT2D eigenvalue weighted by molar-refractivity contribution is 8.13. The summed E-state index contributed by atoms with van der Waals surface area (Å²) in [4.78, 5) is 0.376. The maximum absolute atomic E-state index is 12.4. The molecule has 1 rings (SSSR count). The van der Waals surface area contributed by atoms with Gasteiger partial charge < -0.3 is 0 Å². The first-order valence-electron chi connectivity index (χ1n) is 6.19. The van der Waals surface area contributed by atoms with E-state index in [2.05, 4.69) is 0 Å². The minimum Gasteiger partial charge on any atom is -0.222 e. The molecule has 1 unspecified atom stereocenters. The molecule has 0 fully saturated rings. The van der Waals surface area contributed by atoms with Gasteiger partial charge in [0.2, 0.25) is 0 Å². The number of hydrogen-bond acceptors (Lipinski definition) is 3. The van der Waals surface area contributed by atoms with Crippen LogP contribution in [0.3, 0.4) is 0 Å². The monoisotopic (exact) mass is 296 g/mol. The van der Waals surface area contributed by atoms with Crippen LogP contribution in [-0.4, -0.2) is 19.3 Å². The lowest BCUT2D eigenvalue weighted by Crippen LogP contribution is -2.15. The van der Waals surface area contributed by atoms with E-state index < -0.39 is 14.4 Å². The number of rotatable bonds is 6. The minimum atomic E-state index is -3.31. The zero-order chi connectivity index (χ0) is 14.3. The smallest absolute Gasteiger partial charge is 0.194 e. The van der Waals surface area contributed by atoms with E-state index in [0.717, 1.165) is 12.0 Å². The molecule has 0 spiro atoms. The number of benzene rings is 1. The van der Waals surface area contributed by atoms with Crippen molar-refractivity contribution in [3.63, 3.8) is 0 Å². The minimum absolute atomic E-state index is 0.376. The van der Waals surface area contributed by atoms with Gasteiger partial charge in [0.1, 0.15) is 4.58 Å². The Hall–Kier alpha value is -1.00. The first-order chi connectivity index (χ1) is 9.02. The molecule has 0 heterocycles. The summed E-state index contributed by atoms with van der Waals surface area (Å²) in [6, 6.07) is 6.99. The Bertz CT molecular complexity index is 540. The first-order valence-corrected chi connectivity index (χ1v) is 9.02. The fourth-order valence-corrected chi connectivity index (χ4v) is 4.22. The van der Waals surface area contributed by atoms with Gasteiger partial charge in [-0.3, -0.25) is 0 Å². The number of allylic oxidation sites excluding steroid dienone is 3. The topological polar surface area (TPSA) is 34.1 Å². The molecule has 19 heavy (non-hydrogen) atoms. The van der Waals surface area contributed by atoms with Gasteiger partial charge in [-0.2, -0.15) is 0 Å². The summed E-state index contributed by atoms with van der Waals surface area (Å²) in [5, 5.41) is 0. The predicted molar refractivity (Wildman–Crippen MR) is 84.2 cm³/mol. The third kappa shape index (κ3) is 4.55. The lowest BCUT2D eigenvalue weighted by Gasteiger charge is -2.11. The largest absolute Gasteiger partial charge is 0.222 e. The number of thioether (sulfide) groups is 1. The molecule has 0 saturated carbocycles. The number of aryl methyl sites for hydroxylation is 1. The van der Waals surface area contributed by atoms with Crippen molar-refractivity contribution in [1.82, 2.24) is 0 Å². The second kappa shape index (κ2) is 7.56. The van der Waals surface area contributed by atoms with E-state index in [9.17, 15) is 8.42 Å². The van der Waals surface area contributed by atoms with E-state index in [-0.39, 0.29) is 0 Å². The van der Waals surface area contributed by atoms with Gasteiger partial charge in [-0.25, -0.2) is 8.42 Å². The molecule has 0 bridgehead atoms. The van der Waals surface area contributed by atoms with Crippen LogP contribution in [-0.2, 0) is 9.84 Å². The molecule has 4 heteroatoms. The molecule has 0 N–H and O–H groups in total. The SMILES string of the molecule is CCC=CC=CC(SC)S(=O)(=O)c1ccc(C)cc1. The Morgan fingerprint density at radius 3 is 2.37 bits per heavy atom. The second-order valence-electron chi connectivity index (χ2n) is 4.18. The van der Waals surface area contributed by atoms with Crippen LogP contribution in [0.15, 0.2) is 53.5 Å². The third-order valence-corrected chi connectivity index (χ3v) is 6.30. The molecule has 1 atom stereocenters. The van der Waals surface area contributed by atoms with Gasteiger partial charge in [0.25, 0.3) is 0 Å². The standard InChI is InChI=1S/C15H20O2S2/c1-4-5-6-7-8-15(18-3)19(16,17)14-11-9-13(2)10-12-14/h5-12,15H,4H2,1-3H3. The summed E-state index contributed by atoms with van der Waals surface area (Å²) in [6.45, 7) is 3.98. The average Bonchev–Trinajstić information content (AvgIpc) is 2.39. The van der Waals surface area contributed by atoms with Gasteiger partial charge >= 0.3 is 0 Å². The van der Waals surface area contributed by atoms with Crippen molar-refractivity contribution < 1.29 is 8.42 Å². The highest BCUT2D eigenvalue weighted by Gasteiger charge is 2.23. The van der Waals surface area contributed by atoms with E-state index in [1.165, 1.54) is 11.8 Å². The molecular weight excluding hydrogens is 276 g/mol. The Morgan fingerprint density at radius 1 is 1.21 bits per heavy atom. The molecule has 0 aliphatic carbocycles. The van der Waals surface area contributed by atoms with E-state index in [4.69, 9.17) is 0 Å². The van der Waals surface area contributed by atoms with Crippen molar-refractivity contribution in [2.45, 2.75) is 29.7 Å². The third-order valence-electron chi connectivity index (χ3n) is 2.64. The van der Waals surface area contributed by atoms with Crippen LogP contribution in [0.4, 0.5) is 0 Å². The summed E-state index contributed by atoms with van der Waals surface area (Å²) in [6.07, 6.45) is 10.2. The molecule has 2 nitrogen and oxygen atoms in total. The molecule has 104 valence electrons. The quantitative estimate of drug-likeness (QED) is 0.745. The van der Waals surface area contributed by atoms with Crippen LogP contribution >= 0.6 is 11.8 Å². The summed E-state index contributed by atoms with van der Waals surface area (Å²) in [5.74, 6) is 0. The molecule has 1 aromatic rings. The fourth-order valence-electron chi connectivity index (χ4n) is 1.54. The number of hydrogen-bond donors (Lipinski definition) is 0. The van der Waals surface area contributed by atoms with Crippen molar-refractivity contribution >= 4 is 21.6 Å². The lowest BCUT2D eigenvalue weighted by atomic mass is 10.2. The molecule has 0 aliphatic rings. The summed E-state index contributed by atoms with van der Waals surface area (Å²) in [7, 11) is -3.31. The second-order valence-corrected chi connectivity index (χ2v) is 7.53. The van der Waals surface area contributed by atoms with E-state index in [0.29, 0.717) is 4.90 Å². The van der Waals surface area contributed by atoms with Crippen molar-refractivity contribution in [3.8, 4) is 0 Å². The summed E-state index contributed by atoms with van der Waals surface area (Å²) < 4.78 is 24.3. The molecule has 0 aromatic heterocycles. The fraction of sp³-hybridized carbons (Fsp3) is 0.333. The summed E-state index contributed by atoms with van der Waals surface area (Å²) >= 11 is 1.33. The first kappa shape index (κ1) is 16.1. The molecule has 0 amide bonds. The van der Waals surface area contributed by atoms with E-state index >= 15 is 0 Å². The molecule has 0 saturated heterocycles. The molecule has 0 aliphatic heterocycles. The predicted octanol–water partition coefficient (Wildman–Crippen LogP) is 3.98.